The van der Waals surface area contributed by atoms with E-state index in [1.807, 2.05) is 0 Å². The first kappa shape index (κ1) is 16.7. The highest BCUT2D eigenvalue weighted by molar-refractivity contribution is 7.92. The summed E-state index contributed by atoms with van der Waals surface area (Å²) < 4.78 is 65.4. The van der Waals surface area contributed by atoms with Crippen LogP contribution in [0.3, 0.4) is 0 Å². The molecule has 122 valence electrons. The van der Waals surface area contributed by atoms with Crippen molar-refractivity contribution in [2.75, 3.05) is 0 Å². The number of nitro groups is 1. The van der Waals surface area contributed by atoms with E-state index in [9.17, 15) is 31.7 Å². The van der Waals surface area contributed by atoms with Crippen LogP contribution in [0.5, 0.6) is 11.5 Å². The standard InChI is InChI=1S/C13H8F3NO5S/c14-13(15,16)23(20,21)10-6-7-12(11(8-10)17(18)19)22-9-4-2-1-3-5-9/h1-8H. The molecule has 0 atom stereocenters. The molecular formula is C13H8F3NO5S. The lowest BCUT2D eigenvalue weighted by molar-refractivity contribution is -0.385. The van der Waals surface area contributed by atoms with Crippen LogP contribution in [0.1, 0.15) is 0 Å². The molecule has 0 aliphatic carbocycles. The van der Waals surface area contributed by atoms with Gasteiger partial charge in [0.05, 0.1) is 9.82 Å². The second-order valence-corrected chi connectivity index (χ2v) is 6.19. The van der Waals surface area contributed by atoms with Crippen LogP contribution in [0.25, 0.3) is 0 Å². The third-order valence-corrected chi connectivity index (χ3v) is 4.20. The summed E-state index contributed by atoms with van der Waals surface area (Å²) in [5.41, 5.74) is -6.44. The van der Waals surface area contributed by atoms with Crippen LogP contribution in [0.2, 0.25) is 0 Å². The van der Waals surface area contributed by atoms with Crippen LogP contribution in [-0.4, -0.2) is 18.8 Å². The van der Waals surface area contributed by atoms with Crippen LogP contribution < -0.4 is 4.74 Å². The molecule has 0 spiro atoms. The fourth-order valence-corrected chi connectivity index (χ4v) is 2.42. The first-order valence-corrected chi connectivity index (χ1v) is 7.44. The first-order chi connectivity index (χ1) is 10.6. The molecule has 0 unspecified atom stereocenters. The van der Waals surface area contributed by atoms with Crippen LogP contribution >= 0.6 is 0 Å². The third-order valence-electron chi connectivity index (χ3n) is 2.71. The molecule has 0 aliphatic heterocycles. The van der Waals surface area contributed by atoms with E-state index < -0.39 is 30.9 Å². The minimum Gasteiger partial charge on any atom is -0.450 e. The molecule has 2 rings (SSSR count). The van der Waals surface area contributed by atoms with Gasteiger partial charge in [0.15, 0.2) is 0 Å². The molecule has 0 heterocycles. The molecule has 0 aliphatic rings. The van der Waals surface area contributed by atoms with Gasteiger partial charge in [-0.1, -0.05) is 18.2 Å². The van der Waals surface area contributed by atoms with Crippen LogP contribution in [0.15, 0.2) is 53.4 Å². The van der Waals surface area contributed by atoms with Crippen LogP contribution in [0, 0.1) is 10.1 Å². The normalized spacial score (nSPS) is 12.0. The maximum atomic E-state index is 12.5. The minimum absolute atomic E-state index is 0.210. The van der Waals surface area contributed by atoms with Crippen molar-refractivity contribution >= 4 is 15.5 Å². The van der Waals surface area contributed by atoms with Crippen molar-refractivity contribution in [2.45, 2.75) is 10.4 Å². The summed E-state index contributed by atoms with van der Waals surface area (Å²) in [6.45, 7) is 0. The van der Waals surface area contributed by atoms with Gasteiger partial charge >= 0.3 is 11.2 Å². The molecule has 0 fully saturated rings. The summed E-state index contributed by atoms with van der Waals surface area (Å²) >= 11 is 0. The van der Waals surface area contributed by atoms with Gasteiger partial charge < -0.3 is 4.74 Å². The summed E-state index contributed by atoms with van der Waals surface area (Å²) in [5, 5.41) is 11.0. The zero-order chi connectivity index (χ0) is 17.3. The van der Waals surface area contributed by atoms with Gasteiger partial charge in [0.25, 0.3) is 9.84 Å². The summed E-state index contributed by atoms with van der Waals surface area (Å²) in [6, 6.07) is 9.53. The van der Waals surface area contributed by atoms with Gasteiger partial charge in [-0.05, 0) is 24.3 Å². The molecular weight excluding hydrogens is 339 g/mol. The van der Waals surface area contributed by atoms with E-state index in [-0.39, 0.29) is 11.5 Å². The number of hydrogen-bond acceptors (Lipinski definition) is 5. The van der Waals surface area contributed by atoms with Gasteiger partial charge in [-0.25, -0.2) is 8.42 Å². The number of ether oxygens (including phenoxy) is 1. The van der Waals surface area contributed by atoms with Crippen LogP contribution in [-0.2, 0) is 9.84 Å². The number of benzene rings is 2. The van der Waals surface area contributed by atoms with Crippen molar-refractivity contribution in [1.82, 2.24) is 0 Å². The molecule has 0 saturated heterocycles. The van der Waals surface area contributed by atoms with Crippen molar-refractivity contribution < 1.29 is 31.2 Å². The first-order valence-electron chi connectivity index (χ1n) is 5.95. The fourth-order valence-electron chi connectivity index (χ4n) is 1.64. The largest absolute Gasteiger partial charge is 0.501 e. The van der Waals surface area contributed by atoms with Gasteiger partial charge in [0.2, 0.25) is 5.75 Å². The van der Waals surface area contributed by atoms with E-state index in [0.29, 0.717) is 12.1 Å². The zero-order valence-electron chi connectivity index (χ0n) is 11.1. The number of sulfone groups is 1. The Bertz CT molecular complexity index is 834. The Morgan fingerprint density at radius 2 is 1.65 bits per heavy atom. The SMILES string of the molecule is O=[N+]([O-])c1cc(S(=O)(=O)C(F)(F)F)ccc1Oc1ccccc1. The molecule has 0 saturated carbocycles. The smallest absolute Gasteiger partial charge is 0.450 e. The number of halogens is 3. The Labute approximate surface area is 128 Å². The van der Waals surface area contributed by atoms with Crippen molar-refractivity contribution in [3.05, 3.63) is 58.6 Å². The maximum Gasteiger partial charge on any atom is 0.501 e. The van der Waals surface area contributed by atoms with E-state index in [2.05, 4.69) is 0 Å². The van der Waals surface area contributed by atoms with Gasteiger partial charge in [0, 0.05) is 6.07 Å². The fraction of sp³-hybridized carbons (Fsp3) is 0.0769. The van der Waals surface area contributed by atoms with E-state index in [0.717, 1.165) is 6.07 Å². The van der Waals surface area contributed by atoms with E-state index in [1.54, 1.807) is 18.2 Å². The molecule has 0 aromatic heterocycles. The topological polar surface area (TPSA) is 86.5 Å². The summed E-state index contributed by atoms with van der Waals surface area (Å²) in [4.78, 5) is 8.75. The maximum absolute atomic E-state index is 12.5. The number of alkyl halides is 3. The Morgan fingerprint density at radius 3 is 2.17 bits per heavy atom. The van der Waals surface area contributed by atoms with Gasteiger partial charge in [-0.2, -0.15) is 13.2 Å². The van der Waals surface area contributed by atoms with Gasteiger partial charge in [0.1, 0.15) is 5.75 Å². The monoisotopic (exact) mass is 347 g/mol. The molecule has 2 aromatic rings. The van der Waals surface area contributed by atoms with Crippen molar-refractivity contribution in [3.63, 3.8) is 0 Å². The Balaban J connectivity index is 2.50. The Hall–Kier alpha value is -2.62. The average molecular weight is 347 g/mol. The quantitative estimate of drug-likeness (QED) is 0.622. The number of hydrogen-bond donors (Lipinski definition) is 0. The number of rotatable bonds is 4. The van der Waals surface area contributed by atoms with Gasteiger partial charge in [-0.15, -0.1) is 0 Å². The van der Waals surface area contributed by atoms with Crippen molar-refractivity contribution in [1.29, 1.82) is 0 Å². The molecule has 0 radical (unpaired) electrons. The molecule has 0 amide bonds. The third kappa shape index (κ3) is 3.42. The predicted octanol–water partition coefficient (Wildman–Crippen LogP) is 3.68. The van der Waals surface area contributed by atoms with Crippen molar-refractivity contribution in [2.24, 2.45) is 0 Å². The molecule has 0 bridgehead atoms. The summed E-state index contributed by atoms with van der Waals surface area (Å²) in [6.07, 6.45) is 0. The molecule has 6 nitrogen and oxygen atoms in total. The second kappa shape index (κ2) is 5.88. The molecule has 10 heteroatoms. The molecule has 2 aromatic carbocycles. The van der Waals surface area contributed by atoms with Crippen LogP contribution in [0.4, 0.5) is 18.9 Å². The molecule has 23 heavy (non-hydrogen) atoms. The summed E-state index contributed by atoms with van der Waals surface area (Å²) in [5.74, 6) is -0.163. The lowest BCUT2D eigenvalue weighted by Crippen LogP contribution is -2.23. The number of nitro benzene ring substituents is 1. The second-order valence-electron chi connectivity index (χ2n) is 4.25. The Kier molecular flexibility index (Phi) is 4.28. The lowest BCUT2D eigenvalue weighted by atomic mass is 10.3. The van der Waals surface area contributed by atoms with Crippen molar-refractivity contribution in [3.8, 4) is 11.5 Å². The minimum atomic E-state index is -5.68. The lowest BCUT2D eigenvalue weighted by Gasteiger charge is -2.10. The Morgan fingerprint density at radius 1 is 1.04 bits per heavy atom. The predicted molar refractivity (Wildman–Crippen MR) is 72.9 cm³/mol. The highest BCUT2D eigenvalue weighted by Crippen LogP contribution is 2.37. The highest BCUT2D eigenvalue weighted by atomic mass is 32.2. The zero-order valence-corrected chi connectivity index (χ0v) is 12.0. The van der Waals surface area contributed by atoms with Gasteiger partial charge in [-0.3, -0.25) is 10.1 Å². The van der Waals surface area contributed by atoms with E-state index in [4.69, 9.17) is 4.74 Å². The average Bonchev–Trinajstić information content (AvgIpc) is 2.47. The van der Waals surface area contributed by atoms with E-state index >= 15 is 0 Å². The number of nitrogens with zero attached hydrogens (tertiary/aromatic N) is 1. The van der Waals surface area contributed by atoms with E-state index in [1.165, 1.54) is 12.1 Å². The highest BCUT2D eigenvalue weighted by Gasteiger charge is 2.47. The number of para-hydroxylation sites is 1. The molecule has 0 N–H and O–H groups in total. The summed E-state index contributed by atoms with van der Waals surface area (Å²) in [7, 11) is -5.68.